The van der Waals surface area contributed by atoms with E-state index in [0.717, 1.165) is 42.9 Å². The van der Waals surface area contributed by atoms with E-state index in [1.54, 1.807) is 16.2 Å². The van der Waals surface area contributed by atoms with E-state index in [1.165, 1.54) is 0 Å². The summed E-state index contributed by atoms with van der Waals surface area (Å²) in [6.45, 7) is 3.61. The molecule has 1 aromatic heterocycles. The zero-order valence-electron chi connectivity index (χ0n) is 14.2. The van der Waals surface area contributed by atoms with E-state index in [0.29, 0.717) is 12.8 Å². The van der Waals surface area contributed by atoms with Gasteiger partial charge in [-0.2, -0.15) is 0 Å². The summed E-state index contributed by atoms with van der Waals surface area (Å²) in [5, 5.41) is 16.2. The summed E-state index contributed by atoms with van der Waals surface area (Å²) in [5.74, 6) is -0.182. The van der Waals surface area contributed by atoms with Crippen molar-refractivity contribution in [2.24, 2.45) is 7.05 Å². The number of aliphatic hydroxyl groups excluding tert-OH is 1. The van der Waals surface area contributed by atoms with Crippen molar-refractivity contribution in [1.29, 1.82) is 0 Å². The van der Waals surface area contributed by atoms with Crippen molar-refractivity contribution < 1.29 is 9.90 Å². The molecule has 2 atom stereocenters. The number of fused-ring (bicyclic) bond motifs is 1. The third kappa shape index (κ3) is 2.61. The molecule has 2 aliphatic rings. The molecule has 2 fully saturated rings. The normalized spacial score (nSPS) is 24.6. The van der Waals surface area contributed by atoms with Gasteiger partial charge in [-0.3, -0.25) is 13.9 Å². The van der Waals surface area contributed by atoms with Gasteiger partial charge < -0.3 is 20.6 Å². The van der Waals surface area contributed by atoms with Crippen molar-refractivity contribution in [2.75, 3.05) is 31.1 Å². The van der Waals surface area contributed by atoms with Gasteiger partial charge in [0.15, 0.2) is 0 Å². The number of carbonyl (C=O) groups excluding carboxylic acids is 1. The summed E-state index contributed by atoms with van der Waals surface area (Å²) in [6, 6.07) is 5.44. The minimum absolute atomic E-state index is 0.169. The number of rotatable bonds is 2. The molecule has 2 aromatic rings. The maximum atomic E-state index is 12.9. The Morgan fingerprint density at radius 2 is 1.96 bits per heavy atom. The lowest BCUT2D eigenvalue weighted by atomic mass is 10.0. The molecule has 2 unspecified atom stereocenters. The quantitative estimate of drug-likeness (QED) is 0.684. The second-order valence-corrected chi connectivity index (χ2v) is 6.71. The Morgan fingerprint density at radius 3 is 2.68 bits per heavy atom. The van der Waals surface area contributed by atoms with Crippen LogP contribution >= 0.6 is 0 Å². The van der Waals surface area contributed by atoms with Crippen molar-refractivity contribution in [1.82, 2.24) is 19.8 Å². The molecule has 3 N–H and O–H groups in total. The van der Waals surface area contributed by atoms with E-state index < -0.39 is 12.3 Å². The fourth-order valence-electron chi connectivity index (χ4n) is 3.94. The molecule has 0 bridgehead atoms. The predicted octanol–water partition coefficient (Wildman–Crippen LogP) is -0.481. The highest BCUT2D eigenvalue weighted by atomic mass is 16.3. The highest BCUT2D eigenvalue weighted by Crippen LogP contribution is 2.30. The fraction of sp³-hybridized carbons (Fsp3) is 0.529. The monoisotopic (exact) mass is 345 g/mol. The van der Waals surface area contributed by atoms with Crippen LogP contribution in [0.25, 0.3) is 11.0 Å². The number of benzene rings is 1. The minimum Gasteiger partial charge on any atom is -0.372 e. The van der Waals surface area contributed by atoms with E-state index in [2.05, 4.69) is 15.5 Å². The fourth-order valence-corrected chi connectivity index (χ4v) is 3.94. The van der Waals surface area contributed by atoms with Gasteiger partial charge in [0.25, 0.3) is 0 Å². The molecule has 1 aromatic carbocycles. The second-order valence-electron chi connectivity index (χ2n) is 6.71. The first-order valence-corrected chi connectivity index (χ1v) is 8.71. The summed E-state index contributed by atoms with van der Waals surface area (Å²) in [7, 11) is 1.76. The van der Waals surface area contributed by atoms with Crippen LogP contribution in [0.4, 0.5) is 5.69 Å². The number of nitrogens with one attached hydrogen (secondary N) is 2. The zero-order valence-corrected chi connectivity index (χ0v) is 14.2. The smallest absolute Gasteiger partial charge is 0.329 e. The number of nitrogens with zero attached hydrogens (tertiary/aromatic N) is 3. The largest absolute Gasteiger partial charge is 0.372 e. The van der Waals surface area contributed by atoms with Crippen LogP contribution < -0.4 is 21.2 Å². The molecule has 2 saturated heterocycles. The average Bonchev–Trinajstić information content (AvgIpc) is 2.87. The van der Waals surface area contributed by atoms with E-state index in [4.69, 9.17) is 0 Å². The topological polar surface area (TPSA) is 91.5 Å². The molecule has 2 aliphatic heterocycles. The third-order valence-corrected chi connectivity index (χ3v) is 5.21. The van der Waals surface area contributed by atoms with Crippen molar-refractivity contribution in [3.05, 3.63) is 28.7 Å². The SMILES string of the molecule is Cn1c(=O)n(C2CCC(=O)NC2O)c2cccc(N3CCNCC3)c21. The highest BCUT2D eigenvalue weighted by molar-refractivity contribution is 5.90. The highest BCUT2D eigenvalue weighted by Gasteiger charge is 2.32. The molecular weight excluding hydrogens is 322 g/mol. The van der Waals surface area contributed by atoms with Crippen molar-refractivity contribution in [3.63, 3.8) is 0 Å². The number of piperidine rings is 1. The van der Waals surface area contributed by atoms with Crippen molar-refractivity contribution in [3.8, 4) is 0 Å². The van der Waals surface area contributed by atoms with Crippen LogP contribution in [0.5, 0.6) is 0 Å². The molecule has 0 saturated carbocycles. The first-order valence-electron chi connectivity index (χ1n) is 8.71. The average molecular weight is 345 g/mol. The molecule has 0 radical (unpaired) electrons. The third-order valence-electron chi connectivity index (χ3n) is 5.21. The van der Waals surface area contributed by atoms with E-state index in [-0.39, 0.29) is 11.6 Å². The van der Waals surface area contributed by atoms with Crippen molar-refractivity contribution in [2.45, 2.75) is 25.1 Å². The molecule has 0 spiro atoms. The maximum Gasteiger partial charge on any atom is 0.329 e. The van der Waals surface area contributed by atoms with Gasteiger partial charge in [-0.25, -0.2) is 4.79 Å². The van der Waals surface area contributed by atoms with Gasteiger partial charge in [0.1, 0.15) is 6.23 Å². The number of hydrogen-bond donors (Lipinski definition) is 3. The molecule has 3 heterocycles. The van der Waals surface area contributed by atoms with Gasteiger partial charge in [0.05, 0.1) is 22.8 Å². The van der Waals surface area contributed by atoms with Crippen LogP contribution in [0, 0.1) is 0 Å². The van der Waals surface area contributed by atoms with Crippen LogP contribution in [-0.2, 0) is 11.8 Å². The van der Waals surface area contributed by atoms with Crippen molar-refractivity contribution >= 4 is 22.6 Å². The number of carbonyl (C=O) groups is 1. The summed E-state index contributed by atoms with van der Waals surface area (Å²) >= 11 is 0. The lowest BCUT2D eigenvalue weighted by Crippen LogP contribution is -2.47. The van der Waals surface area contributed by atoms with E-state index in [1.807, 2.05) is 18.2 Å². The summed E-state index contributed by atoms with van der Waals surface area (Å²) in [6.07, 6.45) is -0.293. The number of piperazine rings is 1. The summed E-state index contributed by atoms with van der Waals surface area (Å²) in [4.78, 5) is 26.7. The first-order chi connectivity index (χ1) is 12.1. The van der Waals surface area contributed by atoms with Gasteiger partial charge in [-0.1, -0.05) is 6.07 Å². The van der Waals surface area contributed by atoms with E-state index >= 15 is 0 Å². The number of anilines is 1. The predicted molar refractivity (Wildman–Crippen MR) is 94.7 cm³/mol. The molecular formula is C17H23N5O3. The number of aliphatic hydroxyl groups is 1. The number of imidazole rings is 1. The molecule has 4 rings (SSSR count). The Hall–Kier alpha value is -2.32. The number of hydrogen-bond acceptors (Lipinski definition) is 5. The number of aryl methyl sites for hydroxylation is 1. The first kappa shape index (κ1) is 16.2. The summed E-state index contributed by atoms with van der Waals surface area (Å²) in [5.41, 5.74) is 2.53. The Balaban J connectivity index is 1.85. The Kier molecular flexibility index (Phi) is 4.01. The summed E-state index contributed by atoms with van der Waals surface area (Å²) < 4.78 is 3.28. The second kappa shape index (κ2) is 6.20. The van der Waals surface area contributed by atoms with Gasteiger partial charge in [0.2, 0.25) is 5.91 Å². The maximum absolute atomic E-state index is 12.9. The van der Waals surface area contributed by atoms with E-state index in [9.17, 15) is 14.7 Å². The van der Waals surface area contributed by atoms with Crippen LogP contribution in [0.15, 0.2) is 23.0 Å². The number of aromatic nitrogens is 2. The molecule has 134 valence electrons. The Labute approximate surface area is 145 Å². The van der Waals surface area contributed by atoms with Gasteiger partial charge in [-0.05, 0) is 18.6 Å². The van der Waals surface area contributed by atoms with Crippen LogP contribution in [-0.4, -0.2) is 52.6 Å². The molecule has 1 amide bonds. The van der Waals surface area contributed by atoms with Gasteiger partial charge >= 0.3 is 5.69 Å². The molecule has 8 nitrogen and oxygen atoms in total. The lowest BCUT2D eigenvalue weighted by molar-refractivity contribution is -0.128. The Morgan fingerprint density at radius 1 is 1.20 bits per heavy atom. The molecule has 0 aliphatic carbocycles. The Bertz CT molecular complexity index is 865. The van der Waals surface area contributed by atoms with Gasteiger partial charge in [0, 0.05) is 39.6 Å². The van der Waals surface area contributed by atoms with Crippen LogP contribution in [0.2, 0.25) is 0 Å². The van der Waals surface area contributed by atoms with Crippen LogP contribution in [0.1, 0.15) is 18.9 Å². The zero-order chi connectivity index (χ0) is 17.6. The number of para-hydroxylation sites is 1. The van der Waals surface area contributed by atoms with Gasteiger partial charge in [-0.15, -0.1) is 0 Å². The number of amides is 1. The minimum atomic E-state index is -1.05. The molecule has 25 heavy (non-hydrogen) atoms. The standard InChI is InChI=1S/C17H23N5O3/c1-20-15-11(21-9-7-18-8-10-21)3-2-4-12(15)22(17(20)25)13-5-6-14(23)19-16(13)24/h2-4,13,16,18,24H,5-10H2,1H3,(H,19,23). The van der Waals surface area contributed by atoms with Crippen LogP contribution in [0.3, 0.4) is 0 Å². The molecule has 8 heteroatoms. The lowest BCUT2D eigenvalue weighted by Gasteiger charge is -2.30.